The van der Waals surface area contributed by atoms with Crippen LogP contribution in [-0.4, -0.2) is 15.9 Å². The molecule has 0 atom stereocenters. The van der Waals surface area contributed by atoms with Gasteiger partial charge < -0.3 is 10.1 Å². The molecule has 0 saturated heterocycles. The molecule has 0 fully saturated rings. The Bertz CT molecular complexity index is 1180. The first kappa shape index (κ1) is 22.3. The molecule has 2 aromatic carbocycles. The Hall–Kier alpha value is -3.90. The molecule has 0 aliphatic carbocycles. The molecule has 2 aromatic heterocycles. The Morgan fingerprint density at radius 3 is 2.52 bits per heavy atom. The van der Waals surface area contributed by atoms with Gasteiger partial charge >= 0.3 is 0 Å². The highest BCUT2D eigenvalue weighted by Crippen LogP contribution is 2.24. The number of anilines is 1. The van der Waals surface area contributed by atoms with Crippen LogP contribution in [0.3, 0.4) is 0 Å². The van der Waals surface area contributed by atoms with Crippen LogP contribution in [0.2, 0.25) is 0 Å². The highest BCUT2D eigenvalue weighted by atomic mass is 32.2. The van der Waals surface area contributed by atoms with E-state index in [1.54, 1.807) is 30.2 Å². The fourth-order valence-electron chi connectivity index (χ4n) is 2.96. The molecule has 0 unspecified atom stereocenters. The molecule has 6 heteroatoms. The molecule has 4 aromatic rings. The zero-order valence-corrected chi connectivity index (χ0v) is 18.7. The maximum Gasteiger partial charge on any atom is 0.248 e. The number of benzene rings is 2. The summed E-state index contributed by atoms with van der Waals surface area (Å²) in [5.41, 5.74) is 3.72. The third kappa shape index (κ3) is 7.33. The SMILES string of the molecule is O=C(/C=C/c1ccc(OCc2ccccn2)cc1)Nc1ccc(SCc2cccnc2)cc1. The molecular weight excluding hydrogens is 430 g/mol. The van der Waals surface area contributed by atoms with Gasteiger partial charge in [0.05, 0.1) is 5.69 Å². The second-order valence-electron chi connectivity index (χ2n) is 7.18. The monoisotopic (exact) mass is 453 g/mol. The van der Waals surface area contributed by atoms with E-state index in [1.807, 2.05) is 79.0 Å². The summed E-state index contributed by atoms with van der Waals surface area (Å²) in [6.07, 6.45) is 8.69. The Morgan fingerprint density at radius 2 is 1.79 bits per heavy atom. The van der Waals surface area contributed by atoms with Crippen molar-refractivity contribution in [3.63, 3.8) is 0 Å². The van der Waals surface area contributed by atoms with Crippen molar-refractivity contribution in [2.45, 2.75) is 17.3 Å². The van der Waals surface area contributed by atoms with E-state index in [2.05, 4.69) is 21.4 Å². The van der Waals surface area contributed by atoms with E-state index in [4.69, 9.17) is 4.74 Å². The van der Waals surface area contributed by atoms with Gasteiger partial charge in [-0.1, -0.05) is 24.3 Å². The molecule has 1 amide bonds. The topological polar surface area (TPSA) is 64.1 Å². The number of hydrogen-bond acceptors (Lipinski definition) is 5. The van der Waals surface area contributed by atoms with Gasteiger partial charge in [-0.2, -0.15) is 0 Å². The number of amides is 1. The van der Waals surface area contributed by atoms with Gasteiger partial charge in [-0.05, 0) is 71.8 Å². The minimum absolute atomic E-state index is 0.179. The summed E-state index contributed by atoms with van der Waals surface area (Å²) in [6.45, 7) is 0.416. The summed E-state index contributed by atoms with van der Waals surface area (Å²) in [7, 11) is 0. The highest BCUT2D eigenvalue weighted by Gasteiger charge is 2.01. The minimum atomic E-state index is -0.179. The number of aromatic nitrogens is 2. The van der Waals surface area contributed by atoms with Crippen molar-refractivity contribution in [1.82, 2.24) is 9.97 Å². The number of hydrogen-bond donors (Lipinski definition) is 1. The lowest BCUT2D eigenvalue weighted by atomic mass is 10.2. The van der Waals surface area contributed by atoms with Gasteiger partial charge in [0.1, 0.15) is 12.4 Å². The number of nitrogens with one attached hydrogen (secondary N) is 1. The van der Waals surface area contributed by atoms with Crippen LogP contribution in [0.5, 0.6) is 5.75 Å². The van der Waals surface area contributed by atoms with Gasteiger partial charge in [0.25, 0.3) is 0 Å². The summed E-state index contributed by atoms with van der Waals surface area (Å²) in [6, 6.07) is 25.1. The van der Waals surface area contributed by atoms with Crippen LogP contribution in [-0.2, 0) is 17.2 Å². The van der Waals surface area contributed by atoms with Gasteiger partial charge in [-0.25, -0.2) is 0 Å². The Labute approximate surface area is 197 Å². The Morgan fingerprint density at radius 1 is 0.939 bits per heavy atom. The lowest BCUT2D eigenvalue weighted by Gasteiger charge is -2.06. The molecule has 4 rings (SSSR count). The van der Waals surface area contributed by atoms with Gasteiger partial charge in [0, 0.05) is 41.0 Å². The largest absolute Gasteiger partial charge is 0.487 e. The Balaban J connectivity index is 1.23. The van der Waals surface area contributed by atoms with Crippen molar-refractivity contribution in [1.29, 1.82) is 0 Å². The minimum Gasteiger partial charge on any atom is -0.487 e. The average molecular weight is 454 g/mol. The standard InChI is InChI=1S/C27H23N3O2S/c31-27(30-23-9-13-26(14-10-23)33-20-22-4-3-16-28-18-22)15-8-21-6-11-25(12-7-21)32-19-24-5-1-2-17-29-24/h1-18H,19-20H2,(H,30,31)/b15-8+. The first-order valence-electron chi connectivity index (χ1n) is 10.5. The van der Waals surface area contributed by atoms with Gasteiger partial charge in [0.15, 0.2) is 0 Å². The van der Waals surface area contributed by atoms with Crippen molar-refractivity contribution in [3.8, 4) is 5.75 Å². The zero-order chi connectivity index (χ0) is 22.7. The van der Waals surface area contributed by atoms with E-state index in [9.17, 15) is 4.79 Å². The maximum absolute atomic E-state index is 12.3. The molecular formula is C27H23N3O2S. The molecule has 0 saturated carbocycles. The van der Waals surface area contributed by atoms with E-state index in [0.29, 0.717) is 6.61 Å². The van der Waals surface area contributed by atoms with Crippen LogP contribution in [0.25, 0.3) is 6.08 Å². The number of rotatable bonds is 9. The Kier molecular flexibility index (Phi) is 7.87. The predicted molar refractivity (Wildman–Crippen MR) is 133 cm³/mol. The number of nitrogens with zero attached hydrogens (tertiary/aromatic N) is 2. The van der Waals surface area contributed by atoms with Crippen LogP contribution in [0.1, 0.15) is 16.8 Å². The molecule has 0 radical (unpaired) electrons. The van der Waals surface area contributed by atoms with Gasteiger partial charge in [0.2, 0.25) is 5.91 Å². The van der Waals surface area contributed by atoms with E-state index in [-0.39, 0.29) is 5.91 Å². The highest BCUT2D eigenvalue weighted by molar-refractivity contribution is 7.98. The number of ether oxygens (including phenoxy) is 1. The van der Waals surface area contributed by atoms with E-state index < -0.39 is 0 Å². The second-order valence-corrected chi connectivity index (χ2v) is 8.22. The van der Waals surface area contributed by atoms with Crippen LogP contribution in [0, 0.1) is 0 Å². The van der Waals surface area contributed by atoms with Crippen molar-refractivity contribution in [3.05, 3.63) is 120 Å². The van der Waals surface area contributed by atoms with Crippen molar-refractivity contribution >= 4 is 29.4 Å². The molecule has 0 spiro atoms. The quantitative estimate of drug-likeness (QED) is 0.249. The van der Waals surface area contributed by atoms with Crippen LogP contribution in [0.4, 0.5) is 5.69 Å². The fraction of sp³-hybridized carbons (Fsp3) is 0.0741. The number of carbonyl (C=O) groups is 1. The summed E-state index contributed by atoms with van der Waals surface area (Å²) in [4.78, 5) is 21.8. The van der Waals surface area contributed by atoms with E-state index >= 15 is 0 Å². The average Bonchev–Trinajstić information content (AvgIpc) is 2.88. The predicted octanol–water partition coefficient (Wildman–Crippen LogP) is 6.00. The van der Waals surface area contributed by atoms with E-state index in [1.165, 1.54) is 11.6 Å². The molecule has 1 N–H and O–H groups in total. The molecule has 2 heterocycles. The summed E-state index contributed by atoms with van der Waals surface area (Å²) >= 11 is 1.73. The summed E-state index contributed by atoms with van der Waals surface area (Å²) < 4.78 is 5.73. The first-order valence-corrected chi connectivity index (χ1v) is 11.5. The lowest BCUT2D eigenvalue weighted by molar-refractivity contribution is -0.111. The van der Waals surface area contributed by atoms with Crippen LogP contribution >= 0.6 is 11.8 Å². The summed E-state index contributed by atoms with van der Waals surface area (Å²) in [5, 5.41) is 2.89. The lowest BCUT2D eigenvalue weighted by Crippen LogP contribution is -2.07. The molecule has 33 heavy (non-hydrogen) atoms. The third-order valence-corrected chi connectivity index (χ3v) is 5.75. The smallest absolute Gasteiger partial charge is 0.248 e. The molecule has 0 bridgehead atoms. The number of thioether (sulfide) groups is 1. The molecule has 5 nitrogen and oxygen atoms in total. The van der Waals surface area contributed by atoms with Crippen molar-refractivity contribution in [2.24, 2.45) is 0 Å². The van der Waals surface area contributed by atoms with Crippen molar-refractivity contribution in [2.75, 3.05) is 5.32 Å². The number of carbonyl (C=O) groups excluding carboxylic acids is 1. The van der Waals surface area contributed by atoms with Crippen LogP contribution < -0.4 is 10.1 Å². The maximum atomic E-state index is 12.3. The normalized spacial score (nSPS) is 10.8. The van der Waals surface area contributed by atoms with Gasteiger partial charge in [-0.3, -0.25) is 14.8 Å². The van der Waals surface area contributed by atoms with Gasteiger partial charge in [-0.15, -0.1) is 11.8 Å². The molecule has 0 aliphatic rings. The first-order chi connectivity index (χ1) is 16.2. The summed E-state index contributed by atoms with van der Waals surface area (Å²) in [5.74, 6) is 1.43. The number of pyridine rings is 2. The zero-order valence-electron chi connectivity index (χ0n) is 17.9. The molecule has 164 valence electrons. The van der Waals surface area contributed by atoms with Crippen molar-refractivity contribution < 1.29 is 9.53 Å². The van der Waals surface area contributed by atoms with Crippen LogP contribution in [0.15, 0.2) is 108 Å². The third-order valence-electron chi connectivity index (χ3n) is 4.67. The second kappa shape index (κ2) is 11.6. The fourth-order valence-corrected chi connectivity index (χ4v) is 3.79. The molecule has 0 aliphatic heterocycles. The van der Waals surface area contributed by atoms with E-state index in [0.717, 1.165) is 33.3 Å².